The lowest BCUT2D eigenvalue weighted by molar-refractivity contribution is 0.103. The number of piperidine rings is 1. The second-order valence-corrected chi connectivity index (χ2v) is 11.4. The Balaban J connectivity index is 1.36. The molecule has 0 unspecified atom stereocenters. The Hall–Kier alpha value is -3.30. The Morgan fingerprint density at radius 1 is 1.15 bits per heavy atom. The number of hydrogen-bond donors (Lipinski definition) is 2. The molecule has 2 aromatic carbocycles. The van der Waals surface area contributed by atoms with Crippen molar-refractivity contribution in [1.29, 1.82) is 0 Å². The van der Waals surface area contributed by atoms with Gasteiger partial charge in [0.1, 0.15) is 5.82 Å². The number of ketones is 1. The minimum atomic E-state index is -0.461. The standard InChI is InChI=1S/C30H32BrFN4O3/c1-18-25(29(38)21-4-3-5-22(32)14-21)12-19(13-26(18)31)17-36(23-6-7-23)30(39)34-27-16-33-10-8-24(27)20-9-11-35(2)28(37)15-20/h3-5,9,11-15,23-24,27,33H,6-8,10,16-17H2,1-2H3,(H,34,39)/t24-,27+/m0/s1. The third kappa shape index (κ3) is 6.15. The Morgan fingerprint density at radius 3 is 2.67 bits per heavy atom. The van der Waals surface area contributed by atoms with Crippen LogP contribution in [0.3, 0.4) is 0 Å². The number of pyridine rings is 1. The van der Waals surface area contributed by atoms with Gasteiger partial charge in [-0.2, -0.15) is 0 Å². The van der Waals surface area contributed by atoms with E-state index in [0.29, 0.717) is 18.7 Å². The number of rotatable bonds is 7. The molecule has 2 amide bonds. The van der Waals surface area contributed by atoms with E-state index in [1.165, 1.54) is 18.2 Å². The van der Waals surface area contributed by atoms with E-state index >= 15 is 0 Å². The van der Waals surface area contributed by atoms with Crippen LogP contribution >= 0.6 is 15.9 Å². The first kappa shape index (κ1) is 27.3. The first-order valence-electron chi connectivity index (χ1n) is 13.2. The van der Waals surface area contributed by atoms with E-state index in [0.717, 1.165) is 47.0 Å². The van der Waals surface area contributed by atoms with Gasteiger partial charge in [-0.25, -0.2) is 9.18 Å². The number of benzene rings is 2. The number of amides is 2. The summed E-state index contributed by atoms with van der Waals surface area (Å²) in [5.74, 6) is -0.687. The van der Waals surface area contributed by atoms with Crippen LogP contribution in [0.25, 0.3) is 0 Å². The summed E-state index contributed by atoms with van der Waals surface area (Å²) < 4.78 is 16.1. The third-order valence-corrected chi connectivity index (χ3v) is 8.51. The van der Waals surface area contributed by atoms with Crippen molar-refractivity contribution in [3.8, 4) is 0 Å². The molecule has 2 atom stereocenters. The molecule has 0 radical (unpaired) electrons. The molecule has 1 aliphatic carbocycles. The molecule has 1 aromatic heterocycles. The molecule has 9 heteroatoms. The van der Waals surface area contributed by atoms with Crippen molar-refractivity contribution in [2.45, 2.75) is 50.7 Å². The summed E-state index contributed by atoms with van der Waals surface area (Å²) in [6, 6.07) is 12.9. The van der Waals surface area contributed by atoms with E-state index in [4.69, 9.17) is 0 Å². The molecular formula is C30H32BrFN4O3. The van der Waals surface area contributed by atoms with Gasteiger partial charge in [0.25, 0.3) is 5.56 Å². The molecule has 0 spiro atoms. The average molecular weight is 596 g/mol. The van der Waals surface area contributed by atoms with Crippen molar-refractivity contribution in [3.63, 3.8) is 0 Å². The molecular weight excluding hydrogens is 563 g/mol. The Labute approximate surface area is 235 Å². The molecule has 2 aliphatic rings. The van der Waals surface area contributed by atoms with Gasteiger partial charge in [-0.1, -0.05) is 28.1 Å². The lowest BCUT2D eigenvalue weighted by atomic mass is 9.86. The summed E-state index contributed by atoms with van der Waals surface area (Å²) >= 11 is 3.58. The first-order valence-corrected chi connectivity index (χ1v) is 14.0. The van der Waals surface area contributed by atoms with Gasteiger partial charge >= 0.3 is 6.03 Å². The van der Waals surface area contributed by atoms with Gasteiger partial charge in [-0.05, 0) is 79.8 Å². The molecule has 204 valence electrons. The summed E-state index contributed by atoms with van der Waals surface area (Å²) in [6.07, 6.45) is 4.44. The SMILES string of the molecule is Cc1c(Br)cc(CN(C(=O)N[C@@H]2CNCC[C@H]2c2ccn(C)c(=O)c2)C2CC2)cc1C(=O)c1cccc(F)c1. The largest absolute Gasteiger partial charge is 0.333 e. The van der Waals surface area contributed by atoms with Crippen molar-refractivity contribution in [1.82, 2.24) is 20.1 Å². The third-order valence-electron chi connectivity index (χ3n) is 7.68. The lowest BCUT2D eigenvalue weighted by Crippen LogP contribution is -2.53. The molecule has 1 saturated carbocycles. The number of hydrogen-bond acceptors (Lipinski definition) is 4. The molecule has 2 fully saturated rings. The predicted octanol–water partition coefficient (Wildman–Crippen LogP) is 4.65. The number of carbonyl (C=O) groups is 2. The number of nitrogens with one attached hydrogen (secondary N) is 2. The maximum absolute atomic E-state index is 13.8. The van der Waals surface area contributed by atoms with E-state index in [1.54, 1.807) is 36.0 Å². The number of aryl methyl sites for hydroxylation is 1. The van der Waals surface area contributed by atoms with Crippen LogP contribution in [-0.4, -0.2) is 46.5 Å². The minimum Gasteiger partial charge on any atom is -0.333 e. The lowest BCUT2D eigenvalue weighted by Gasteiger charge is -2.35. The molecule has 2 heterocycles. The highest BCUT2D eigenvalue weighted by molar-refractivity contribution is 9.10. The Kier molecular flexibility index (Phi) is 8.00. The van der Waals surface area contributed by atoms with Gasteiger partial charge in [-0.3, -0.25) is 9.59 Å². The molecule has 2 N–H and O–H groups in total. The summed E-state index contributed by atoms with van der Waals surface area (Å²) in [5.41, 5.74) is 3.21. The van der Waals surface area contributed by atoms with Gasteiger partial charge in [0.05, 0.1) is 0 Å². The van der Waals surface area contributed by atoms with Gasteiger partial charge in [-0.15, -0.1) is 0 Å². The first-order chi connectivity index (χ1) is 18.7. The summed E-state index contributed by atoms with van der Waals surface area (Å²) in [7, 11) is 1.72. The number of carbonyl (C=O) groups excluding carboxylic acids is 2. The van der Waals surface area contributed by atoms with E-state index < -0.39 is 5.82 Å². The molecule has 3 aromatic rings. The quantitative estimate of drug-likeness (QED) is 0.390. The van der Waals surface area contributed by atoms with Crippen LogP contribution in [0.2, 0.25) is 0 Å². The average Bonchev–Trinajstić information content (AvgIpc) is 3.76. The summed E-state index contributed by atoms with van der Waals surface area (Å²) in [5, 5.41) is 6.60. The highest BCUT2D eigenvalue weighted by Gasteiger charge is 2.36. The van der Waals surface area contributed by atoms with Gasteiger partial charge in [0.15, 0.2) is 5.78 Å². The number of urea groups is 1. The summed E-state index contributed by atoms with van der Waals surface area (Å²) in [6.45, 7) is 3.62. The normalized spacial score (nSPS) is 19.0. The predicted molar refractivity (Wildman–Crippen MR) is 152 cm³/mol. The molecule has 5 rings (SSSR count). The Morgan fingerprint density at radius 2 is 1.95 bits per heavy atom. The van der Waals surface area contributed by atoms with Gasteiger partial charge in [0, 0.05) is 66.0 Å². The van der Waals surface area contributed by atoms with E-state index in [-0.39, 0.29) is 40.9 Å². The van der Waals surface area contributed by atoms with Crippen molar-refractivity contribution in [3.05, 3.63) is 103 Å². The van der Waals surface area contributed by atoms with E-state index in [1.807, 2.05) is 24.0 Å². The van der Waals surface area contributed by atoms with Crippen LogP contribution in [-0.2, 0) is 13.6 Å². The number of aromatic nitrogens is 1. The zero-order valence-electron chi connectivity index (χ0n) is 22.0. The fraction of sp³-hybridized carbons (Fsp3) is 0.367. The van der Waals surface area contributed by atoms with E-state index in [9.17, 15) is 18.8 Å². The topological polar surface area (TPSA) is 83.4 Å². The molecule has 0 bridgehead atoms. The van der Waals surface area contributed by atoms with Crippen molar-refractivity contribution in [2.75, 3.05) is 13.1 Å². The highest BCUT2D eigenvalue weighted by atomic mass is 79.9. The van der Waals surface area contributed by atoms with Gasteiger partial charge < -0.3 is 20.1 Å². The van der Waals surface area contributed by atoms with Crippen molar-refractivity contribution < 1.29 is 14.0 Å². The smallest absolute Gasteiger partial charge is 0.318 e. The van der Waals surface area contributed by atoms with Crippen LogP contribution < -0.4 is 16.2 Å². The Bertz CT molecular complexity index is 1470. The van der Waals surface area contributed by atoms with Crippen molar-refractivity contribution >= 4 is 27.7 Å². The van der Waals surface area contributed by atoms with E-state index in [2.05, 4.69) is 26.6 Å². The fourth-order valence-corrected chi connectivity index (χ4v) is 5.75. The molecule has 7 nitrogen and oxygen atoms in total. The van der Waals surface area contributed by atoms with Crippen LogP contribution in [0.15, 0.2) is 64.0 Å². The molecule has 39 heavy (non-hydrogen) atoms. The number of nitrogens with zero attached hydrogens (tertiary/aromatic N) is 2. The second-order valence-electron chi connectivity index (χ2n) is 10.5. The van der Waals surface area contributed by atoms with Crippen LogP contribution in [0.1, 0.15) is 57.8 Å². The number of halogens is 2. The molecule has 1 aliphatic heterocycles. The maximum atomic E-state index is 13.8. The maximum Gasteiger partial charge on any atom is 0.318 e. The fourth-order valence-electron chi connectivity index (χ4n) is 5.24. The molecule has 1 saturated heterocycles. The van der Waals surface area contributed by atoms with Crippen LogP contribution in [0.4, 0.5) is 9.18 Å². The highest BCUT2D eigenvalue weighted by Crippen LogP contribution is 2.32. The second kappa shape index (κ2) is 11.4. The van der Waals surface area contributed by atoms with Gasteiger partial charge in [0.2, 0.25) is 0 Å². The van der Waals surface area contributed by atoms with Crippen LogP contribution in [0.5, 0.6) is 0 Å². The summed E-state index contributed by atoms with van der Waals surface area (Å²) in [4.78, 5) is 41.0. The zero-order valence-corrected chi connectivity index (χ0v) is 23.6. The minimum absolute atomic E-state index is 0.0363. The van der Waals surface area contributed by atoms with Crippen molar-refractivity contribution in [2.24, 2.45) is 7.05 Å². The van der Waals surface area contributed by atoms with Crippen LogP contribution in [0, 0.1) is 12.7 Å². The zero-order chi connectivity index (χ0) is 27.7. The monoisotopic (exact) mass is 594 g/mol.